The Hall–Kier alpha value is -2.44. The smallest absolute Gasteiger partial charge is 0.293 e. The fraction of sp³-hybridized carbons (Fsp3) is 0.238. The van der Waals surface area contributed by atoms with Gasteiger partial charge in [0.05, 0.1) is 12.0 Å². The van der Waals surface area contributed by atoms with Gasteiger partial charge in [-0.2, -0.15) is 0 Å². The summed E-state index contributed by atoms with van der Waals surface area (Å²) in [4.78, 5) is 26.1. The number of ether oxygens (including phenoxy) is 2. The Morgan fingerprint density at radius 1 is 1.14 bits per heavy atom. The molecule has 146 valence electrons. The van der Waals surface area contributed by atoms with Crippen LogP contribution in [-0.4, -0.2) is 29.2 Å². The summed E-state index contributed by atoms with van der Waals surface area (Å²) in [6.07, 6.45) is 1.69. The van der Waals surface area contributed by atoms with Crippen molar-refractivity contribution in [2.75, 3.05) is 7.11 Å². The number of methoxy groups -OCH3 is 1. The van der Waals surface area contributed by atoms with E-state index in [9.17, 15) is 9.59 Å². The van der Waals surface area contributed by atoms with Gasteiger partial charge in [0.25, 0.3) is 11.1 Å². The second-order valence-corrected chi connectivity index (χ2v) is 7.84. The number of amides is 2. The largest absolute Gasteiger partial charge is 0.493 e. The van der Waals surface area contributed by atoms with Gasteiger partial charge in [0.15, 0.2) is 11.5 Å². The molecule has 1 aliphatic heterocycles. The van der Waals surface area contributed by atoms with E-state index in [1.54, 1.807) is 25.3 Å². The number of halogens is 1. The molecule has 5 nitrogen and oxygen atoms in total. The molecule has 1 aliphatic rings. The van der Waals surface area contributed by atoms with E-state index in [1.165, 1.54) is 4.90 Å². The third-order valence-electron chi connectivity index (χ3n) is 4.17. The van der Waals surface area contributed by atoms with Crippen LogP contribution in [0.25, 0.3) is 6.08 Å². The van der Waals surface area contributed by atoms with Gasteiger partial charge < -0.3 is 9.47 Å². The quantitative estimate of drug-likeness (QED) is 0.591. The summed E-state index contributed by atoms with van der Waals surface area (Å²) in [5, 5.41) is 0.386. The van der Waals surface area contributed by atoms with Gasteiger partial charge >= 0.3 is 0 Å². The summed E-state index contributed by atoms with van der Waals surface area (Å²) in [6, 6.07) is 12.7. The summed E-state index contributed by atoms with van der Waals surface area (Å²) in [7, 11) is 1.55. The molecule has 0 saturated carbocycles. The molecule has 1 heterocycles. The number of carbonyl (C=O) groups is 2. The molecule has 1 fully saturated rings. The van der Waals surface area contributed by atoms with Crippen LogP contribution in [0.4, 0.5) is 4.79 Å². The molecule has 0 radical (unpaired) electrons. The predicted molar refractivity (Wildman–Crippen MR) is 112 cm³/mol. The van der Waals surface area contributed by atoms with Crippen molar-refractivity contribution in [1.29, 1.82) is 0 Å². The van der Waals surface area contributed by atoms with E-state index >= 15 is 0 Å². The lowest BCUT2D eigenvalue weighted by atomic mass is 10.1. The molecular weight excluding hydrogens is 398 g/mol. The van der Waals surface area contributed by atoms with E-state index < -0.39 is 0 Å². The molecule has 1 saturated heterocycles. The maximum atomic E-state index is 12.4. The van der Waals surface area contributed by atoms with Crippen LogP contribution in [0.1, 0.15) is 25.0 Å². The predicted octanol–water partition coefficient (Wildman–Crippen LogP) is 5.37. The monoisotopic (exact) mass is 417 g/mol. The van der Waals surface area contributed by atoms with Crippen LogP contribution >= 0.6 is 23.4 Å². The van der Waals surface area contributed by atoms with Crippen molar-refractivity contribution >= 4 is 40.6 Å². The Balaban J connectivity index is 1.79. The van der Waals surface area contributed by atoms with E-state index in [-0.39, 0.29) is 17.2 Å². The highest BCUT2D eigenvalue weighted by Gasteiger charge is 2.36. The minimum atomic E-state index is -0.275. The number of benzene rings is 2. The topological polar surface area (TPSA) is 55.8 Å². The molecule has 0 aliphatic carbocycles. The fourth-order valence-electron chi connectivity index (χ4n) is 2.74. The van der Waals surface area contributed by atoms with Gasteiger partial charge in [-0.3, -0.25) is 14.5 Å². The van der Waals surface area contributed by atoms with E-state index in [0.717, 1.165) is 22.9 Å². The number of thioether (sulfide) groups is 1. The van der Waals surface area contributed by atoms with Crippen LogP contribution < -0.4 is 9.47 Å². The Kier molecular flexibility index (Phi) is 6.31. The van der Waals surface area contributed by atoms with Crippen molar-refractivity contribution in [2.24, 2.45) is 0 Å². The number of rotatable bonds is 6. The summed E-state index contributed by atoms with van der Waals surface area (Å²) >= 11 is 7.10. The molecule has 7 heteroatoms. The Morgan fingerprint density at radius 2 is 1.89 bits per heavy atom. The summed E-state index contributed by atoms with van der Waals surface area (Å²) < 4.78 is 11.3. The second-order valence-electron chi connectivity index (χ2n) is 6.44. The molecule has 0 unspecified atom stereocenters. The SMILES string of the molecule is COc1cc(/C=C2/SC(=O)N(C(C)C)C2=O)ccc1OCc1ccccc1Cl. The molecule has 2 aromatic rings. The Labute approximate surface area is 173 Å². The van der Waals surface area contributed by atoms with Crippen LogP contribution in [0.5, 0.6) is 11.5 Å². The third-order valence-corrected chi connectivity index (χ3v) is 5.42. The lowest BCUT2D eigenvalue weighted by Crippen LogP contribution is -2.34. The number of hydrogen-bond donors (Lipinski definition) is 0. The molecule has 0 N–H and O–H groups in total. The van der Waals surface area contributed by atoms with Crippen LogP contribution in [0.2, 0.25) is 5.02 Å². The normalized spacial score (nSPS) is 15.6. The highest BCUT2D eigenvalue weighted by Crippen LogP contribution is 2.35. The highest BCUT2D eigenvalue weighted by atomic mass is 35.5. The Bertz CT molecular complexity index is 942. The highest BCUT2D eigenvalue weighted by molar-refractivity contribution is 8.18. The first-order valence-corrected chi connectivity index (χ1v) is 9.91. The summed E-state index contributed by atoms with van der Waals surface area (Å²) in [5.74, 6) is 0.821. The third kappa shape index (κ3) is 4.34. The fourth-order valence-corrected chi connectivity index (χ4v) is 3.89. The van der Waals surface area contributed by atoms with Gasteiger partial charge in [0.1, 0.15) is 6.61 Å². The zero-order valence-corrected chi connectivity index (χ0v) is 17.3. The molecule has 3 rings (SSSR count). The summed E-state index contributed by atoms with van der Waals surface area (Å²) in [5.41, 5.74) is 1.62. The van der Waals surface area contributed by atoms with Gasteiger partial charge in [0.2, 0.25) is 0 Å². The van der Waals surface area contributed by atoms with Crippen molar-refractivity contribution < 1.29 is 19.1 Å². The first-order chi connectivity index (χ1) is 13.4. The molecular formula is C21H20ClNO4S. The van der Waals surface area contributed by atoms with Gasteiger partial charge in [-0.1, -0.05) is 35.9 Å². The molecule has 2 amide bonds. The molecule has 0 bridgehead atoms. The lowest BCUT2D eigenvalue weighted by Gasteiger charge is -2.16. The van der Waals surface area contributed by atoms with Crippen molar-refractivity contribution in [3.05, 3.63) is 63.5 Å². The molecule has 0 spiro atoms. The van der Waals surface area contributed by atoms with Gasteiger partial charge in [-0.15, -0.1) is 0 Å². The van der Waals surface area contributed by atoms with E-state index in [0.29, 0.717) is 28.0 Å². The summed E-state index contributed by atoms with van der Waals surface area (Å²) in [6.45, 7) is 3.93. The average molecular weight is 418 g/mol. The molecule has 0 atom stereocenters. The first kappa shape index (κ1) is 20.3. The van der Waals surface area contributed by atoms with Gasteiger partial charge in [-0.05, 0) is 55.4 Å². The van der Waals surface area contributed by atoms with Gasteiger partial charge in [-0.25, -0.2) is 0 Å². The van der Waals surface area contributed by atoms with Crippen LogP contribution in [0.15, 0.2) is 47.4 Å². The minimum absolute atomic E-state index is 0.173. The number of carbonyl (C=O) groups excluding carboxylic acids is 2. The van der Waals surface area contributed by atoms with Crippen molar-refractivity contribution in [3.8, 4) is 11.5 Å². The maximum Gasteiger partial charge on any atom is 0.293 e. The van der Waals surface area contributed by atoms with Crippen LogP contribution in [0, 0.1) is 0 Å². The average Bonchev–Trinajstić information content (AvgIpc) is 2.95. The van der Waals surface area contributed by atoms with E-state index in [2.05, 4.69) is 0 Å². The van der Waals surface area contributed by atoms with Crippen molar-refractivity contribution in [1.82, 2.24) is 4.90 Å². The second kappa shape index (κ2) is 8.71. The number of imide groups is 1. The lowest BCUT2D eigenvalue weighted by molar-refractivity contribution is -0.123. The zero-order valence-electron chi connectivity index (χ0n) is 15.8. The number of hydrogen-bond acceptors (Lipinski definition) is 5. The molecule has 2 aromatic carbocycles. The minimum Gasteiger partial charge on any atom is -0.493 e. The van der Waals surface area contributed by atoms with E-state index in [4.69, 9.17) is 21.1 Å². The maximum absolute atomic E-state index is 12.4. The zero-order chi connectivity index (χ0) is 20.3. The van der Waals surface area contributed by atoms with Crippen LogP contribution in [0.3, 0.4) is 0 Å². The van der Waals surface area contributed by atoms with Gasteiger partial charge in [0, 0.05) is 16.6 Å². The van der Waals surface area contributed by atoms with Crippen LogP contribution in [-0.2, 0) is 11.4 Å². The van der Waals surface area contributed by atoms with Crippen molar-refractivity contribution in [2.45, 2.75) is 26.5 Å². The first-order valence-electron chi connectivity index (χ1n) is 8.72. The number of nitrogens with zero attached hydrogens (tertiary/aromatic N) is 1. The molecule has 0 aromatic heterocycles. The standard InChI is InChI=1S/C21H20ClNO4S/c1-13(2)23-20(24)19(28-21(23)25)11-14-8-9-17(18(10-14)26-3)27-12-15-6-4-5-7-16(15)22/h4-11,13H,12H2,1-3H3/b19-11+. The molecule has 28 heavy (non-hydrogen) atoms. The van der Waals surface area contributed by atoms with E-state index in [1.807, 2.05) is 44.2 Å². The Morgan fingerprint density at radius 3 is 2.54 bits per heavy atom. The van der Waals surface area contributed by atoms with Crippen molar-refractivity contribution in [3.63, 3.8) is 0 Å².